The smallest absolute Gasteiger partial charge is 0.263 e. The Balaban J connectivity index is 1.50. The average molecular weight is 410 g/mol. The summed E-state index contributed by atoms with van der Waals surface area (Å²) in [5, 5.41) is 3.02. The van der Waals surface area contributed by atoms with Crippen molar-refractivity contribution in [1.82, 2.24) is 14.8 Å². The van der Waals surface area contributed by atoms with Crippen LogP contribution in [0.3, 0.4) is 0 Å². The molecule has 0 unspecified atom stereocenters. The van der Waals surface area contributed by atoms with Crippen LogP contribution >= 0.6 is 0 Å². The molecule has 0 aliphatic carbocycles. The summed E-state index contributed by atoms with van der Waals surface area (Å²) in [6.07, 6.45) is 3.26. The van der Waals surface area contributed by atoms with Gasteiger partial charge in [-0.05, 0) is 54.0 Å². The zero-order valence-corrected chi connectivity index (χ0v) is 18.3. The molecule has 0 spiro atoms. The lowest BCUT2D eigenvalue weighted by atomic mass is 9.86. The van der Waals surface area contributed by atoms with Crippen molar-refractivity contribution < 1.29 is 9.59 Å². The number of benzene rings is 1. The molecule has 1 aliphatic rings. The quantitative estimate of drug-likeness (QED) is 0.844. The van der Waals surface area contributed by atoms with E-state index < -0.39 is 0 Å². The molecule has 1 N–H and O–H groups in total. The lowest BCUT2D eigenvalue weighted by Gasteiger charge is -2.32. The van der Waals surface area contributed by atoms with Crippen molar-refractivity contribution in [1.29, 1.82) is 0 Å². The summed E-state index contributed by atoms with van der Waals surface area (Å²) in [4.78, 5) is 39.0. The second kappa shape index (κ2) is 8.86. The van der Waals surface area contributed by atoms with Crippen LogP contribution in [0, 0.1) is 5.92 Å². The standard InChI is InChI=1S/C24H31N3O3/c1-24(2,3)19-9-7-18(8-10-19)21(28)25-16-17-11-14-27(15-12-17)23(30)20-6-5-13-26(4)22(20)29/h5-10,13,17H,11-12,14-16H2,1-4H3,(H,25,28). The molecule has 1 fully saturated rings. The van der Waals surface area contributed by atoms with Crippen molar-refractivity contribution >= 4 is 11.8 Å². The number of pyridine rings is 1. The number of hydrogen-bond acceptors (Lipinski definition) is 3. The monoisotopic (exact) mass is 409 g/mol. The summed E-state index contributed by atoms with van der Waals surface area (Å²) in [5.74, 6) is 0.0461. The minimum atomic E-state index is -0.269. The van der Waals surface area contributed by atoms with Crippen LogP contribution in [0.2, 0.25) is 0 Å². The zero-order valence-electron chi connectivity index (χ0n) is 18.3. The molecule has 1 aromatic carbocycles. The Hall–Kier alpha value is -2.89. The highest BCUT2D eigenvalue weighted by atomic mass is 16.2. The van der Waals surface area contributed by atoms with Gasteiger partial charge >= 0.3 is 0 Å². The predicted molar refractivity (Wildman–Crippen MR) is 118 cm³/mol. The van der Waals surface area contributed by atoms with Crippen molar-refractivity contribution in [3.63, 3.8) is 0 Å². The van der Waals surface area contributed by atoms with E-state index in [-0.39, 0.29) is 28.4 Å². The largest absolute Gasteiger partial charge is 0.352 e. The van der Waals surface area contributed by atoms with Crippen LogP contribution in [-0.4, -0.2) is 40.9 Å². The third kappa shape index (κ3) is 4.99. The normalized spacial score (nSPS) is 15.1. The highest BCUT2D eigenvalue weighted by Gasteiger charge is 2.25. The maximum Gasteiger partial charge on any atom is 0.263 e. The number of nitrogens with zero attached hydrogens (tertiary/aromatic N) is 2. The predicted octanol–water partition coefficient (Wildman–Crippen LogP) is 2.97. The minimum absolute atomic E-state index is 0.0599. The average Bonchev–Trinajstić information content (AvgIpc) is 2.73. The number of hydrogen-bond donors (Lipinski definition) is 1. The van der Waals surface area contributed by atoms with Crippen LogP contribution in [0.4, 0.5) is 0 Å². The van der Waals surface area contributed by atoms with Crippen molar-refractivity contribution in [2.24, 2.45) is 13.0 Å². The van der Waals surface area contributed by atoms with E-state index in [0.717, 1.165) is 12.8 Å². The number of carbonyl (C=O) groups is 2. The lowest BCUT2D eigenvalue weighted by molar-refractivity contribution is 0.0682. The number of nitrogens with one attached hydrogen (secondary N) is 1. The first kappa shape index (κ1) is 21.8. The van der Waals surface area contributed by atoms with Crippen LogP contribution in [-0.2, 0) is 12.5 Å². The van der Waals surface area contributed by atoms with Crippen LogP contribution in [0.15, 0.2) is 47.4 Å². The van der Waals surface area contributed by atoms with Gasteiger partial charge in [0.15, 0.2) is 0 Å². The fourth-order valence-electron chi connectivity index (χ4n) is 3.73. The molecule has 160 valence electrons. The number of likely N-dealkylation sites (tertiary alicyclic amines) is 1. The van der Waals surface area contributed by atoms with E-state index in [2.05, 4.69) is 26.1 Å². The molecule has 0 atom stereocenters. The summed E-state index contributed by atoms with van der Waals surface area (Å²) < 4.78 is 1.42. The Morgan fingerprint density at radius 3 is 2.30 bits per heavy atom. The Morgan fingerprint density at radius 1 is 1.07 bits per heavy atom. The van der Waals surface area contributed by atoms with E-state index in [9.17, 15) is 14.4 Å². The van der Waals surface area contributed by atoms with Gasteiger partial charge in [-0.2, -0.15) is 0 Å². The third-order valence-corrected chi connectivity index (χ3v) is 5.82. The zero-order chi connectivity index (χ0) is 21.9. The van der Waals surface area contributed by atoms with Crippen LogP contribution < -0.4 is 10.9 Å². The summed E-state index contributed by atoms with van der Waals surface area (Å²) in [7, 11) is 1.64. The van der Waals surface area contributed by atoms with Gasteiger partial charge in [0, 0.05) is 38.4 Å². The highest BCUT2D eigenvalue weighted by Crippen LogP contribution is 2.22. The molecule has 0 bridgehead atoms. The molecular weight excluding hydrogens is 378 g/mol. The molecule has 1 aliphatic heterocycles. The molecule has 2 amide bonds. The first-order valence-electron chi connectivity index (χ1n) is 10.5. The number of rotatable bonds is 4. The summed E-state index contributed by atoms with van der Waals surface area (Å²) in [5.41, 5.74) is 1.87. The van der Waals surface area contributed by atoms with Gasteiger partial charge in [-0.15, -0.1) is 0 Å². The van der Waals surface area contributed by atoms with Crippen molar-refractivity contribution in [3.05, 3.63) is 69.6 Å². The van der Waals surface area contributed by atoms with Crippen molar-refractivity contribution in [2.75, 3.05) is 19.6 Å². The summed E-state index contributed by atoms with van der Waals surface area (Å²) in [6, 6.07) is 11.1. The number of amides is 2. The molecule has 1 saturated heterocycles. The van der Waals surface area contributed by atoms with E-state index >= 15 is 0 Å². The first-order valence-corrected chi connectivity index (χ1v) is 10.5. The van der Waals surface area contributed by atoms with E-state index in [0.29, 0.717) is 31.1 Å². The Bertz CT molecular complexity index is 962. The maximum absolute atomic E-state index is 12.7. The van der Waals surface area contributed by atoms with Crippen LogP contribution in [0.1, 0.15) is 59.9 Å². The SMILES string of the molecule is Cn1cccc(C(=O)N2CCC(CNC(=O)c3ccc(C(C)(C)C)cc3)CC2)c1=O. The maximum atomic E-state index is 12.7. The number of aryl methyl sites for hydroxylation is 1. The highest BCUT2D eigenvalue weighted by molar-refractivity contribution is 5.94. The van der Waals surface area contributed by atoms with Gasteiger partial charge < -0.3 is 14.8 Å². The molecule has 6 heteroatoms. The molecule has 1 aromatic heterocycles. The molecule has 0 saturated carbocycles. The van der Waals surface area contributed by atoms with E-state index in [1.807, 2.05) is 24.3 Å². The van der Waals surface area contributed by atoms with Crippen LogP contribution in [0.5, 0.6) is 0 Å². The summed E-state index contributed by atoms with van der Waals surface area (Å²) in [6.45, 7) is 8.23. The molecule has 6 nitrogen and oxygen atoms in total. The minimum Gasteiger partial charge on any atom is -0.352 e. The second-order valence-corrected chi connectivity index (χ2v) is 9.11. The van der Waals surface area contributed by atoms with Gasteiger partial charge in [-0.1, -0.05) is 32.9 Å². The molecular formula is C24H31N3O3. The molecule has 3 rings (SSSR count). The number of piperidine rings is 1. The van der Waals surface area contributed by atoms with Gasteiger partial charge in [0.05, 0.1) is 0 Å². The second-order valence-electron chi connectivity index (χ2n) is 9.11. The van der Waals surface area contributed by atoms with Gasteiger partial charge in [0.2, 0.25) is 0 Å². The summed E-state index contributed by atoms with van der Waals surface area (Å²) >= 11 is 0. The molecule has 30 heavy (non-hydrogen) atoms. The topological polar surface area (TPSA) is 71.4 Å². The fraction of sp³-hybridized carbons (Fsp3) is 0.458. The van der Waals surface area contributed by atoms with E-state index in [1.165, 1.54) is 10.1 Å². The third-order valence-electron chi connectivity index (χ3n) is 5.82. The first-order chi connectivity index (χ1) is 14.2. The van der Waals surface area contributed by atoms with Gasteiger partial charge in [-0.25, -0.2) is 0 Å². The van der Waals surface area contributed by atoms with Gasteiger partial charge in [0.25, 0.3) is 17.4 Å². The van der Waals surface area contributed by atoms with Gasteiger partial charge in [-0.3, -0.25) is 14.4 Å². The van der Waals surface area contributed by atoms with Gasteiger partial charge in [0.1, 0.15) is 5.56 Å². The van der Waals surface area contributed by atoms with E-state index in [4.69, 9.17) is 0 Å². The fourth-order valence-corrected chi connectivity index (χ4v) is 3.73. The Morgan fingerprint density at radius 2 is 1.70 bits per heavy atom. The van der Waals surface area contributed by atoms with E-state index in [1.54, 1.807) is 30.3 Å². The Labute approximate surface area is 177 Å². The van der Waals surface area contributed by atoms with Crippen molar-refractivity contribution in [2.45, 2.75) is 39.0 Å². The molecule has 2 aromatic rings. The lowest BCUT2D eigenvalue weighted by Crippen LogP contribution is -2.43. The molecule has 2 heterocycles. The van der Waals surface area contributed by atoms with Crippen molar-refractivity contribution in [3.8, 4) is 0 Å². The van der Waals surface area contributed by atoms with Crippen LogP contribution in [0.25, 0.3) is 0 Å². The molecule has 0 radical (unpaired) electrons. The number of carbonyl (C=O) groups excluding carboxylic acids is 2. The number of aromatic nitrogens is 1. The Kier molecular flexibility index (Phi) is 6.44.